The van der Waals surface area contributed by atoms with Gasteiger partial charge in [0.05, 0.1) is 0 Å². The average Bonchev–Trinajstić information content (AvgIpc) is 3.04. The van der Waals surface area contributed by atoms with Crippen LogP contribution in [0.2, 0.25) is 0 Å². The molecule has 5 nitrogen and oxygen atoms in total. The first-order valence-corrected chi connectivity index (χ1v) is 9.17. The maximum atomic E-state index is 12.6. The molecular formula is C19H32N4O. The molecule has 0 bridgehead atoms. The molecule has 2 rings (SSSR count). The summed E-state index contributed by atoms with van der Waals surface area (Å²) >= 11 is 0. The standard InChI is InChI=1S/C19H32N4O/c1-14(2)8-10-16(19(3,4)5)20-18(24)15-9-11-17(22-21-15)23-12-6-7-13-23/h9,11,14,16H,6-8,10,12-13H2,1-5H3,(H,20,24). The number of hydrogen-bond donors (Lipinski definition) is 1. The van der Waals surface area contributed by atoms with Gasteiger partial charge in [-0.1, -0.05) is 34.6 Å². The highest BCUT2D eigenvalue weighted by Crippen LogP contribution is 2.25. The summed E-state index contributed by atoms with van der Waals surface area (Å²) in [6.45, 7) is 13.0. The van der Waals surface area contributed by atoms with Crippen molar-refractivity contribution < 1.29 is 4.79 Å². The lowest BCUT2D eigenvalue weighted by molar-refractivity contribution is 0.0888. The maximum Gasteiger partial charge on any atom is 0.272 e. The lowest BCUT2D eigenvalue weighted by atomic mass is 9.82. The van der Waals surface area contributed by atoms with E-state index in [2.05, 4.69) is 55.0 Å². The van der Waals surface area contributed by atoms with E-state index in [1.165, 1.54) is 12.8 Å². The fourth-order valence-corrected chi connectivity index (χ4v) is 3.02. The number of nitrogens with one attached hydrogen (secondary N) is 1. The Balaban J connectivity index is 2.00. The molecule has 1 aliphatic heterocycles. The molecule has 1 amide bonds. The summed E-state index contributed by atoms with van der Waals surface area (Å²) in [6, 6.07) is 3.83. The molecule has 1 atom stereocenters. The third kappa shape index (κ3) is 5.18. The van der Waals surface area contributed by atoms with Gasteiger partial charge in [-0.05, 0) is 49.1 Å². The quantitative estimate of drug-likeness (QED) is 0.864. The Labute approximate surface area is 146 Å². The fraction of sp³-hybridized carbons (Fsp3) is 0.737. The summed E-state index contributed by atoms with van der Waals surface area (Å²) in [7, 11) is 0. The van der Waals surface area contributed by atoms with E-state index in [1.54, 1.807) is 6.07 Å². The maximum absolute atomic E-state index is 12.6. The first-order chi connectivity index (χ1) is 11.3. The molecule has 1 unspecified atom stereocenters. The first kappa shape index (κ1) is 18.7. The molecule has 0 radical (unpaired) electrons. The summed E-state index contributed by atoms with van der Waals surface area (Å²) in [5, 5.41) is 11.6. The van der Waals surface area contributed by atoms with Crippen LogP contribution in [0.15, 0.2) is 12.1 Å². The number of carbonyl (C=O) groups is 1. The van der Waals surface area contributed by atoms with Crippen molar-refractivity contribution in [3.8, 4) is 0 Å². The van der Waals surface area contributed by atoms with Gasteiger partial charge in [-0.3, -0.25) is 4.79 Å². The van der Waals surface area contributed by atoms with Crippen molar-refractivity contribution in [2.45, 2.75) is 66.3 Å². The predicted molar refractivity (Wildman–Crippen MR) is 98.3 cm³/mol. The highest BCUT2D eigenvalue weighted by Gasteiger charge is 2.27. The average molecular weight is 332 g/mol. The van der Waals surface area contributed by atoms with Gasteiger partial charge in [0.25, 0.3) is 5.91 Å². The van der Waals surface area contributed by atoms with E-state index in [-0.39, 0.29) is 17.4 Å². The van der Waals surface area contributed by atoms with Gasteiger partial charge >= 0.3 is 0 Å². The number of hydrogen-bond acceptors (Lipinski definition) is 4. The highest BCUT2D eigenvalue weighted by atomic mass is 16.2. The van der Waals surface area contributed by atoms with Crippen LogP contribution in [-0.4, -0.2) is 35.2 Å². The molecule has 1 N–H and O–H groups in total. The summed E-state index contributed by atoms with van der Waals surface area (Å²) < 4.78 is 0. The molecule has 134 valence electrons. The van der Waals surface area contributed by atoms with Crippen molar-refractivity contribution in [2.24, 2.45) is 11.3 Å². The van der Waals surface area contributed by atoms with Crippen LogP contribution in [0.1, 0.15) is 70.8 Å². The zero-order valence-electron chi connectivity index (χ0n) is 15.8. The number of rotatable bonds is 6. The Morgan fingerprint density at radius 3 is 2.33 bits per heavy atom. The number of anilines is 1. The van der Waals surface area contributed by atoms with Crippen LogP contribution in [0.4, 0.5) is 5.82 Å². The number of aromatic nitrogens is 2. The Morgan fingerprint density at radius 2 is 1.83 bits per heavy atom. The molecule has 24 heavy (non-hydrogen) atoms. The van der Waals surface area contributed by atoms with E-state index < -0.39 is 0 Å². The van der Waals surface area contributed by atoms with Gasteiger partial charge < -0.3 is 10.2 Å². The Morgan fingerprint density at radius 1 is 1.17 bits per heavy atom. The van der Waals surface area contributed by atoms with Crippen molar-refractivity contribution in [3.05, 3.63) is 17.8 Å². The minimum Gasteiger partial charge on any atom is -0.355 e. The Bertz CT molecular complexity index is 527. The third-order valence-corrected chi connectivity index (χ3v) is 4.70. The van der Waals surface area contributed by atoms with Crippen LogP contribution in [0.25, 0.3) is 0 Å². The molecule has 1 saturated heterocycles. The zero-order valence-corrected chi connectivity index (χ0v) is 15.8. The van der Waals surface area contributed by atoms with Crippen LogP contribution < -0.4 is 10.2 Å². The van der Waals surface area contributed by atoms with Crippen LogP contribution in [-0.2, 0) is 0 Å². The third-order valence-electron chi connectivity index (χ3n) is 4.70. The van der Waals surface area contributed by atoms with Crippen LogP contribution in [0.3, 0.4) is 0 Å². The molecule has 5 heteroatoms. The molecule has 0 saturated carbocycles. The van der Waals surface area contributed by atoms with Crippen LogP contribution in [0, 0.1) is 11.3 Å². The van der Waals surface area contributed by atoms with Gasteiger partial charge in [0, 0.05) is 19.1 Å². The van der Waals surface area contributed by atoms with Crippen molar-refractivity contribution in [2.75, 3.05) is 18.0 Å². The summed E-state index contributed by atoms with van der Waals surface area (Å²) in [5.74, 6) is 1.38. The largest absolute Gasteiger partial charge is 0.355 e. The lowest BCUT2D eigenvalue weighted by Gasteiger charge is -2.32. The van der Waals surface area contributed by atoms with Crippen molar-refractivity contribution in [1.29, 1.82) is 0 Å². The van der Waals surface area contributed by atoms with Gasteiger partial charge in [0.2, 0.25) is 0 Å². The molecule has 0 aliphatic carbocycles. The Kier molecular flexibility index (Phi) is 6.19. The monoisotopic (exact) mass is 332 g/mol. The van der Waals surface area contributed by atoms with Crippen molar-refractivity contribution >= 4 is 11.7 Å². The topological polar surface area (TPSA) is 58.1 Å². The molecule has 1 aromatic heterocycles. The summed E-state index contributed by atoms with van der Waals surface area (Å²) in [4.78, 5) is 14.8. The Hall–Kier alpha value is -1.65. The molecule has 0 aromatic carbocycles. The SMILES string of the molecule is CC(C)CCC(NC(=O)c1ccc(N2CCCC2)nn1)C(C)(C)C. The fourth-order valence-electron chi connectivity index (χ4n) is 3.02. The van der Waals surface area contributed by atoms with Crippen LogP contribution in [0.5, 0.6) is 0 Å². The van der Waals surface area contributed by atoms with Gasteiger partial charge in [-0.25, -0.2) is 0 Å². The first-order valence-electron chi connectivity index (χ1n) is 9.17. The van der Waals surface area contributed by atoms with Crippen molar-refractivity contribution in [1.82, 2.24) is 15.5 Å². The van der Waals surface area contributed by atoms with E-state index in [4.69, 9.17) is 0 Å². The van der Waals surface area contributed by atoms with E-state index in [1.807, 2.05) is 6.07 Å². The minimum atomic E-state index is -0.126. The number of carbonyl (C=O) groups excluding carboxylic acids is 1. The second-order valence-electron chi connectivity index (χ2n) is 8.33. The molecule has 1 aliphatic rings. The van der Waals surface area contributed by atoms with Gasteiger partial charge in [-0.2, -0.15) is 0 Å². The lowest BCUT2D eigenvalue weighted by Crippen LogP contribution is -2.44. The molecule has 1 aromatic rings. The van der Waals surface area contributed by atoms with Gasteiger partial charge in [-0.15, -0.1) is 10.2 Å². The zero-order chi connectivity index (χ0) is 17.7. The summed E-state index contributed by atoms with van der Waals surface area (Å²) in [5.41, 5.74) is 0.421. The summed E-state index contributed by atoms with van der Waals surface area (Å²) in [6.07, 6.45) is 4.48. The predicted octanol–water partition coefficient (Wildman–Crippen LogP) is 3.66. The van der Waals surface area contributed by atoms with Crippen LogP contribution >= 0.6 is 0 Å². The second kappa shape index (κ2) is 7.95. The molecule has 0 spiro atoms. The van der Waals surface area contributed by atoms with E-state index in [0.717, 1.165) is 31.7 Å². The molecule has 1 fully saturated rings. The van der Waals surface area contributed by atoms with E-state index >= 15 is 0 Å². The normalized spacial score (nSPS) is 16.5. The smallest absolute Gasteiger partial charge is 0.272 e. The van der Waals surface area contributed by atoms with E-state index in [9.17, 15) is 4.79 Å². The minimum absolute atomic E-state index is 0.0213. The van der Waals surface area contributed by atoms with Crippen molar-refractivity contribution in [3.63, 3.8) is 0 Å². The van der Waals surface area contributed by atoms with E-state index in [0.29, 0.717) is 11.6 Å². The van der Waals surface area contributed by atoms with Gasteiger partial charge in [0.1, 0.15) is 0 Å². The molecule has 2 heterocycles. The molecular weight excluding hydrogens is 300 g/mol. The number of amides is 1. The van der Waals surface area contributed by atoms with Gasteiger partial charge in [0.15, 0.2) is 11.5 Å². The second-order valence-corrected chi connectivity index (χ2v) is 8.33. The highest BCUT2D eigenvalue weighted by molar-refractivity contribution is 5.92. The number of nitrogens with zero attached hydrogens (tertiary/aromatic N) is 3.